The number of nitrogens with one attached hydrogen (secondary N) is 2. The predicted octanol–water partition coefficient (Wildman–Crippen LogP) is 2.91. The van der Waals surface area contributed by atoms with E-state index in [1.807, 2.05) is 0 Å². The number of hydrogen-bond acceptors (Lipinski definition) is 7. The fourth-order valence-corrected chi connectivity index (χ4v) is 3.57. The van der Waals surface area contributed by atoms with Crippen LogP contribution in [-0.4, -0.2) is 54.6 Å². The van der Waals surface area contributed by atoms with E-state index in [0.717, 1.165) is 63.1 Å². The summed E-state index contributed by atoms with van der Waals surface area (Å²) in [5, 5.41) is 33.0. The van der Waals surface area contributed by atoms with Gasteiger partial charge in [-0.25, -0.2) is 9.78 Å². The summed E-state index contributed by atoms with van der Waals surface area (Å²) in [4.78, 5) is 13.6. The fourth-order valence-electron chi connectivity index (χ4n) is 3.57. The summed E-state index contributed by atoms with van der Waals surface area (Å²) in [7, 11) is 0. The zero-order valence-corrected chi connectivity index (χ0v) is 17.6. The number of alkyl halides is 3. The van der Waals surface area contributed by atoms with Crippen LogP contribution in [0.25, 0.3) is 0 Å². The Hall–Kier alpha value is -2.89. The molecule has 1 aliphatic heterocycles. The Bertz CT molecular complexity index is 869. The zero-order valence-electron chi connectivity index (χ0n) is 17.6. The average Bonchev–Trinajstić information content (AvgIpc) is 3.00. The van der Waals surface area contributed by atoms with Gasteiger partial charge in [0.1, 0.15) is 23.5 Å². The normalized spacial score (nSPS) is 18.8. The van der Waals surface area contributed by atoms with Crippen molar-refractivity contribution in [3.8, 4) is 12.1 Å². The lowest BCUT2D eigenvalue weighted by molar-refractivity contribution is -0.192. The number of aliphatic carboxylic acids is 1. The number of aromatic nitrogens is 1. The van der Waals surface area contributed by atoms with Crippen molar-refractivity contribution in [2.75, 3.05) is 31.6 Å². The third-order valence-electron chi connectivity index (χ3n) is 5.16. The lowest BCUT2D eigenvalue weighted by Crippen LogP contribution is -2.32. The SMILES string of the molecule is N#Cc1c(NCC2CNCCCO2)nc2c(c1C#N)CCCCCC2.O=C(O)C(F)(F)F. The van der Waals surface area contributed by atoms with E-state index < -0.39 is 12.1 Å². The monoisotopic (exact) mass is 453 g/mol. The van der Waals surface area contributed by atoms with Crippen molar-refractivity contribution in [1.29, 1.82) is 10.5 Å². The number of halogens is 3. The molecular formula is C21H26F3N5O3. The van der Waals surface area contributed by atoms with Crippen LogP contribution >= 0.6 is 0 Å². The highest BCUT2D eigenvalue weighted by molar-refractivity contribution is 5.73. The zero-order chi connectivity index (χ0) is 23.6. The molecule has 1 aromatic rings. The van der Waals surface area contributed by atoms with Gasteiger partial charge in [-0.2, -0.15) is 23.7 Å². The van der Waals surface area contributed by atoms with Crippen molar-refractivity contribution in [2.24, 2.45) is 0 Å². The van der Waals surface area contributed by atoms with E-state index in [1.54, 1.807) is 0 Å². The first kappa shape index (κ1) is 25.4. The molecule has 1 unspecified atom stereocenters. The number of carboxylic acid groups (broad SMARTS) is 1. The number of ether oxygens (including phenoxy) is 1. The molecule has 0 spiro atoms. The Morgan fingerprint density at radius 3 is 2.44 bits per heavy atom. The second-order valence-corrected chi connectivity index (χ2v) is 7.51. The Balaban J connectivity index is 0.000000451. The van der Waals surface area contributed by atoms with Crippen molar-refractivity contribution in [3.63, 3.8) is 0 Å². The lowest BCUT2D eigenvalue weighted by atomic mass is 9.91. The lowest BCUT2D eigenvalue weighted by Gasteiger charge is -2.20. The maximum absolute atomic E-state index is 10.6. The summed E-state index contributed by atoms with van der Waals surface area (Å²) in [6, 6.07) is 4.46. The summed E-state index contributed by atoms with van der Waals surface area (Å²) in [5.41, 5.74) is 2.86. The van der Waals surface area contributed by atoms with Crippen LogP contribution in [0.4, 0.5) is 19.0 Å². The predicted molar refractivity (Wildman–Crippen MR) is 109 cm³/mol. The molecule has 0 saturated carbocycles. The largest absolute Gasteiger partial charge is 0.490 e. The molecule has 174 valence electrons. The summed E-state index contributed by atoms with van der Waals surface area (Å²) in [5.74, 6) is -2.22. The molecule has 3 N–H and O–H groups in total. The van der Waals surface area contributed by atoms with E-state index in [0.29, 0.717) is 23.5 Å². The van der Waals surface area contributed by atoms with Crippen LogP contribution in [0, 0.1) is 22.7 Å². The molecule has 2 aliphatic rings. The van der Waals surface area contributed by atoms with Gasteiger partial charge in [-0.05, 0) is 44.2 Å². The molecule has 1 saturated heterocycles. The number of hydrogen-bond donors (Lipinski definition) is 3. The van der Waals surface area contributed by atoms with Crippen LogP contribution < -0.4 is 10.6 Å². The number of nitrogens with zero attached hydrogens (tertiary/aromatic N) is 3. The van der Waals surface area contributed by atoms with Crippen molar-refractivity contribution < 1.29 is 27.8 Å². The topological polar surface area (TPSA) is 131 Å². The Morgan fingerprint density at radius 1 is 1.16 bits per heavy atom. The third kappa shape index (κ3) is 7.36. The number of fused-ring (bicyclic) bond motifs is 1. The highest BCUT2D eigenvalue weighted by Crippen LogP contribution is 2.28. The van der Waals surface area contributed by atoms with Crippen molar-refractivity contribution in [1.82, 2.24) is 10.3 Å². The number of pyridine rings is 1. The van der Waals surface area contributed by atoms with Gasteiger partial charge in [0, 0.05) is 25.4 Å². The van der Waals surface area contributed by atoms with Gasteiger partial charge in [0.15, 0.2) is 0 Å². The van der Waals surface area contributed by atoms with Gasteiger partial charge in [-0.3, -0.25) is 0 Å². The van der Waals surface area contributed by atoms with Gasteiger partial charge in [0.05, 0.1) is 11.7 Å². The highest BCUT2D eigenvalue weighted by atomic mass is 19.4. The van der Waals surface area contributed by atoms with Crippen LogP contribution in [0.5, 0.6) is 0 Å². The molecule has 0 aromatic carbocycles. The molecular weight excluding hydrogens is 427 g/mol. The second kappa shape index (κ2) is 12.2. The number of anilines is 1. The molecule has 0 radical (unpaired) electrons. The van der Waals surface area contributed by atoms with Crippen LogP contribution in [0.1, 0.15) is 54.5 Å². The van der Waals surface area contributed by atoms with E-state index in [2.05, 4.69) is 22.8 Å². The van der Waals surface area contributed by atoms with Gasteiger partial charge >= 0.3 is 12.1 Å². The number of rotatable bonds is 3. The summed E-state index contributed by atoms with van der Waals surface area (Å²) < 4.78 is 37.5. The Kier molecular flexibility index (Phi) is 9.69. The molecule has 1 atom stereocenters. The standard InChI is InChI=1S/C19H25N5O.C2HF3O2/c20-10-16-15-6-3-1-2-4-7-18(15)24-19(17(16)11-21)23-13-14-12-22-8-5-9-25-14;3-2(4,5)1(6)7/h14,22H,1-9,12-13H2,(H,23,24);(H,6,7). The van der Waals surface area contributed by atoms with Gasteiger partial charge in [0.25, 0.3) is 0 Å². The minimum atomic E-state index is -5.08. The van der Waals surface area contributed by atoms with Crippen LogP contribution in [0.15, 0.2) is 0 Å². The first-order valence-corrected chi connectivity index (χ1v) is 10.5. The molecule has 3 rings (SSSR count). The van der Waals surface area contributed by atoms with Crippen molar-refractivity contribution >= 4 is 11.8 Å². The molecule has 1 aromatic heterocycles. The Labute approximate surface area is 184 Å². The van der Waals surface area contributed by atoms with E-state index in [1.165, 1.54) is 12.8 Å². The minimum absolute atomic E-state index is 0.0448. The summed E-state index contributed by atoms with van der Waals surface area (Å²) in [6.45, 7) is 3.07. The minimum Gasteiger partial charge on any atom is -0.475 e. The van der Waals surface area contributed by atoms with Gasteiger partial charge in [0.2, 0.25) is 0 Å². The van der Waals surface area contributed by atoms with E-state index >= 15 is 0 Å². The van der Waals surface area contributed by atoms with Crippen LogP contribution in [-0.2, 0) is 22.4 Å². The number of carboxylic acids is 1. The summed E-state index contributed by atoms with van der Waals surface area (Å²) in [6.07, 6.45) is 2.22. The molecule has 2 heterocycles. The second-order valence-electron chi connectivity index (χ2n) is 7.51. The molecule has 32 heavy (non-hydrogen) atoms. The molecule has 0 amide bonds. The molecule has 11 heteroatoms. The fraction of sp³-hybridized carbons (Fsp3) is 0.619. The van der Waals surface area contributed by atoms with E-state index in [-0.39, 0.29) is 6.10 Å². The van der Waals surface area contributed by atoms with Gasteiger partial charge < -0.3 is 20.5 Å². The first-order valence-electron chi connectivity index (χ1n) is 10.5. The number of carbonyl (C=O) groups is 1. The molecule has 1 fully saturated rings. The van der Waals surface area contributed by atoms with E-state index in [9.17, 15) is 23.7 Å². The molecule has 0 bridgehead atoms. The van der Waals surface area contributed by atoms with Gasteiger partial charge in [-0.1, -0.05) is 12.8 Å². The van der Waals surface area contributed by atoms with E-state index in [4.69, 9.17) is 19.6 Å². The van der Waals surface area contributed by atoms with Crippen LogP contribution in [0.3, 0.4) is 0 Å². The quantitative estimate of drug-likeness (QED) is 0.637. The molecule has 1 aliphatic carbocycles. The van der Waals surface area contributed by atoms with Crippen molar-refractivity contribution in [3.05, 3.63) is 22.4 Å². The first-order chi connectivity index (χ1) is 15.3. The molecule has 8 nitrogen and oxygen atoms in total. The number of aryl methyl sites for hydroxylation is 1. The maximum Gasteiger partial charge on any atom is 0.490 e. The number of nitriles is 2. The third-order valence-corrected chi connectivity index (χ3v) is 5.16. The Morgan fingerprint density at radius 2 is 1.81 bits per heavy atom. The average molecular weight is 453 g/mol. The highest BCUT2D eigenvalue weighted by Gasteiger charge is 2.38. The van der Waals surface area contributed by atoms with Crippen molar-refractivity contribution in [2.45, 2.75) is 57.2 Å². The van der Waals surface area contributed by atoms with Gasteiger partial charge in [-0.15, -0.1) is 0 Å². The smallest absolute Gasteiger partial charge is 0.475 e. The maximum atomic E-state index is 10.6. The van der Waals surface area contributed by atoms with Crippen LogP contribution in [0.2, 0.25) is 0 Å². The summed E-state index contributed by atoms with van der Waals surface area (Å²) >= 11 is 0.